The lowest BCUT2D eigenvalue weighted by Gasteiger charge is -2.39. The molecule has 1 aliphatic heterocycles. The number of carbonyl (C=O) groups excluding carboxylic acids is 2. The highest BCUT2D eigenvalue weighted by Crippen LogP contribution is 2.46. The van der Waals surface area contributed by atoms with E-state index in [0.717, 1.165) is 45.4 Å². The van der Waals surface area contributed by atoms with E-state index in [0.29, 0.717) is 18.6 Å². The van der Waals surface area contributed by atoms with Crippen molar-refractivity contribution < 1.29 is 14.3 Å². The van der Waals surface area contributed by atoms with Gasteiger partial charge in [0.05, 0.1) is 5.57 Å². The summed E-state index contributed by atoms with van der Waals surface area (Å²) in [6.45, 7) is 8.61. The van der Waals surface area contributed by atoms with Crippen molar-refractivity contribution in [2.45, 2.75) is 51.3 Å². The maximum absolute atomic E-state index is 13.2. The monoisotopic (exact) mass is 445 g/mol. The summed E-state index contributed by atoms with van der Waals surface area (Å²) < 4.78 is 5.61. The van der Waals surface area contributed by atoms with Crippen LogP contribution in [0.3, 0.4) is 0 Å². The molecule has 0 saturated carbocycles. The average molecular weight is 446 g/mol. The van der Waals surface area contributed by atoms with Gasteiger partial charge in [-0.1, -0.05) is 32.9 Å². The second kappa shape index (κ2) is 9.65. The van der Waals surface area contributed by atoms with Crippen LogP contribution in [0.2, 0.25) is 0 Å². The number of benzene rings is 1. The molecule has 0 saturated heterocycles. The number of thioether (sulfide) groups is 2. The SMILES string of the molecule is CCSCCOC(=O)C1=C(C)NC2=C(C(=O)CC(C)(C)C2)[C@H]1c1ccc(SC)cc1. The smallest absolute Gasteiger partial charge is 0.336 e. The minimum Gasteiger partial charge on any atom is -0.461 e. The molecule has 1 aliphatic carbocycles. The van der Waals surface area contributed by atoms with Crippen LogP contribution in [0.5, 0.6) is 0 Å². The third-order valence-corrected chi connectivity index (χ3v) is 7.18. The Bertz CT molecular complexity index is 884. The second-order valence-electron chi connectivity index (χ2n) is 8.54. The van der Waals surface area contributed by atoms with E-state index in [9.17, 15) is 9.59 Å². The van der Waals surface area contributed by atoms with Crippen molar-refractivity contribution in [3.63, 3.8) is 0 Å². The molecule has 0 radical (unpaired) electrons. The Labute approximate surface area is 188 Å². The van der Waals surface area contributed by atoms with Crippen LogP contribution in [0.25, 0.3) is 0 Å². The highest BCUT2D eigenvalue weighted by Gasteiger charge is 2.43. The summed E-state index contributed by atoms with van der Waals surface area (Å²) in [7, 11) is 0. The average Bonchev–Trinajstić information content (AvgIpc) is 2.69. The molecular formula is C24H31NO3S2. The van der Waals surface area contributed by atoms with E-state index in [1.54, 1.807) is 23.5 Å². The number of allylic oxidation sites excluding steroid dienone is 3. The third-order valence-electron chi connectivity index (χ3n) is 5.57. The van der Waals surface area contributed by atoms with Crippen LogP contribution < -0.4 is 5.32 Å². The van der Waals surface area contributed by atoms with Gasteiger partial charge in [-0.25, -0.2) is 4.79 Å². The summed E-state index contributed by atoms with van der Waals surface area (Å²) in [5.74, 6) is 1.17. The summed E-state index contributed by atoms with van der Waals surface area (Å²) in [6, 6.07) is 8.17. The predicted molar refractivity (Wildman–Crippen MR) is 126 cm³/mol. The zero-order valence-corrected chi connectivity index (χ0v) is 20.1. The molecule has 4 nitrogen and oxygen atoms in total. The molecule has 3 rings (SSSR count). The molecule has 0 fully saturated rings. The van der Waals surface area contributed by atoms with Gasteiger partial charge >= 0.3 is 5.97 Å². The Hall–Kier alpha value is -1.66. The van der Waals surface area contributed by atoms with Crippen molar-refractivity contribution in [2.75, 3.05) is 24.4 Å². The van der Waals surface area contributed by atoms with E-state index >= 15 is 0 Å². The Morgan fingerprint density at radius 1 is 1.23 bits per heavy atom. The molecule has 0 unspecified atom stereocenters. The molecule has 1 atom stereocenters. The number of hydrogen-bond donors (Lipinski definition) is 1. The van der Waals surface area contributed by atoms with Gasteiger partial charge in [0, 0.05) is 40.0 Å². The van der Waals surface area contributed by atoms with Crippen LogP contribution in [0, 0.1) is 5.41 Å². The number of ether oxygens (including phenoxy) is 1. The van der Waals surface area contributed by atoms with Gasteiger partial charge in [-0.2, -0.15) is 11.8 Å². The number of Topliss-reactive ketones (excluding diaryl/α,β-unsaturated/α-hetero) is 1. The molecule has 2 aliphatic rings. The van der Waals surface area contributed by atoms with E-state index in [-0.39, 0.29) is 23.1 Å². The molecule has 0 spiro atoms. The fraction of sp³-hybridized carbons (Fsp3) is 0.500. The summed E-state index contributed by atoms with van der Waals surface area (Å²) in [5, 5.41) is 3.39. The van der Waals surface area contributed by atoms with Crippen molar-refractivity contribution in [3.8, 4) is 0 Å². The van der Waals surface area contributed by atoms with Gasteiger partial charge < -0.3 is 10.1 Å². The highest BCUT2D eigenvalue weighted by atomic mass is 32.2. The van der Waals surface area contributed by atoms with Crippen LogP contribution in [-0.2, 0) is 14.3 Å². The lowest BCUT2D eigenvalue weighted by molar-refractivity contribution is -0.138. The molecule has 30 heavy (non-hydrogen) atoms. The first-order chi connectivity index (χ1) is 14.3. The molecular weight excluding hydrogens is 414 g/mol. The topological polar surface area (TPSA) is 55.4 Å². The molecule has 6 heteroatoms. The van der Waals surface area contributed by atoms with Crippen molar-refractivity contribution in [2.24, 2.45) is 5.41 Å². The van der Waals surface area contributed by atoms with Gasteiger partial charge in [-0.3, -0.25) is 4.79 Å². The number of rotatable bonds is 7. The lowest BCUT2D eigenvalue weighted by atomic mass is 9.68. The fourth-order valence-electron chi connectivity index (χ4n) is 4.25. The number of carbonyl (C=O) groups is 2. The summed E-state index contributed by atoms with van der Waals surface area (Å²) in [4.78, 5) is 27.5. The van der Waals surface area contributed by atoms with E-state index in [1.807, 2.05) is 25.3 Å². The van der Waals surface area contributed by atoms with E-state index in [1.165, 1.54) is 0 Å². The minimum absolute atomic E-state index is 0.0914. The molecule has 0 aromatic heterocycles. The molecule has 0 amide bonds. The lowest BCUT2D eigenvalue weighted by Crippen LogP contribution is -2.38. The first-order valence-electron chi connectivity index (χ1n) is 10.4. The number of esters is 1. The second-order valence-corrected chi connectivity index (χ2v) is 10.8. The molecule has 0 bridgehead atoms. The summed E-state index contributed by atoms with van der Waals surface area (Å²) >= 11 is 3.42. The predicted octanol–water partition coefficient (Wildman–Crippen LogP) is 5.31. The minimum atomic E-state index is -0.382. The maximum atomic E-state index is 13.2. The van der Waals surface area contributed by atoms with Crippen molar-refractivity contribution in [1.29, 1.82) is 0 Å². The zero-order chi connectivity index (χ0) is 21.9. The Morgan fingerprint density at radius 2 is 1.93 bits per heavy atom. The fourth-order valence-corrected chi connectivity index (χ4v) is 5.15. The standard InChI is InChI=1S/C24H31NO3S2/c1-6-30-12-11-28-23(27)20-15(2)25-18-13-24(3,4)14-19(26)22(18)21(20)16-7-9-17(29-5)10-8-16/h7-10,21,25H,6,11-14H2,1-5H3/t21-/m0/s1. The van der Waals surface area contributed by atoms with E-state index in [2.05, 4.69) is 38.2 Å². The number of ketones is 1. The van der Waals surface area contributed by atoms with Gasteiger partial charge in [-0.15, -0.1) is 11.8 Å². The largest absolute Gasteiger partial charge is 0.461 e. The highest BCUT2D eigenvalue weighted by molar-refractivity contribution is 7.99. The quantitative estimate of drug-likeness (QED) is 0.349. The van der Waals surface area contributed by atoms with Gasteiger partial charge in [0.2, 0.25) is 0 Å². The van der Waals surface area contributed by atoms with Crippen LogP contribution in [0.15, 0.2) is 51.7 Å². The van der Waals surface area contributed by atoms with Crippen LogP contribution in [-0.4, -0.2) is 36.1 Å². The Balaban J connectivity index is 2.02. The maximum Gasteiger partial charge on any atom is 0.336 e. The van der Waals surface area contributed by atoms with E-state index < -0.39 is 0 Å². The van der Waals surface area contributed by atoms with Gasteiger partial charge in [-0.05, 0) is 48.5 Å². The van der Waals surface area contributed by atoms with Crippen LogP contribution in [0.1, 0.15) is 52.0 Å². The first-order valence-corrected chi connectivity index (χ1v) is 12.8. The van der Waals surface area contributed by atoms with Gasteiger partial charge in [0.1, 0.15) is 6.61 Å². The summed E-state index contributed by atoms with van der Waals surface area (Å²) in [6.07, 6.45) is 3.32. The van der Waals surface area contributed by atoms with Crippen molar-refractivity contribution >= 4 is 35.3 Å². The summed E-state index contributed by atoms with van der Waals surface area (Å²) in [5.41, 5.74) is 3.89. The van der Waals surface area contributed by atoms with Gasteiger partial charge in [0.15, 0.2) is 5.78 Å². The molecule has 162 valence electrons. The number of nitrogens with one attached hydrogen (secondary N) is 1. The molecule has 1 heterocycles. The van der Waals surface area contributed by atoms with Crippen LogP contribution >= 0.6 is 23.5 Å². The number of dihydropyridines is 1. The molecule has 1 aromatic carbocycles. The van der Waals surface area contributed by atoms with E-state index in [4.69, 9.17) is 4.74 Å². The Kier molecular flexibility index (Phi) is 7.40. The van der Waals surface area contributed by atoms with Crippen LogP contribution in [0.4, 0.5) is 0 Å². The molecule has 1 aromatic rings. The molecule has 1 N–H and O–H groups in total. The first kappa shape index (κ1) is 23.0. The third kappa shape index (κ3) is 4.97. The Morgan fingerprint density at radius 3 is 2.57 bits per heavy atom. The van der Waals surface area contributed by atoms with Gasteiger partial charge in [0.25, 0.3) is 0 Å². The van der Waals surface area contributed by atoms with Crippen molar-refractivity contribution in [1.82, 2.24) is 5.32 Å². The zero-order valence-electron chi connectivity index (χ0n) is 18.5. The van der Waals surface area contributed by atoms with Crippen molar-refractivity contribution in [3.05, 3.63) is 52.4 Å². The normalized spacial score (nSPS) is 20.7. The number of hydrogen-bond acceptors (Lipinski definition) is 6.